The number of rotatable bonds is 5. The molecule has 1 amide bonds. The van der Waals surface area contributed by atoms with E-state index >= 15 is 0 Å². The maximum Gasteiger partial charge on any atom is 0.387 e. The van der Waals surface area contributed by atoms with Crippen molar-refractivity contribution in [2.45, 2.75) is 38.5 Å². The lowest BCUT2D eigenvalue weighted by Crippen LogP contribution is -2.30. The fraction of sp³-hybridized carbons (Fsp3) is 0.500. The van der Waals surface area contributed by atoms with Crippen LogP contribution in [-0.4, -0.2) is 18.6 Å². The molecule has 0 saturated heterocycles. The van der Waals surface area contributed by atoms with Gasteiger partial charge in [-0.3, -0.25) is 4.79 Å². The Balaban J connectivity index is 0.00000242. The van der Waals surface area contributed by atoms with E-state index in [1.807, 2.05) is 0 Å². The minimum Gasteiger partial charge on any atom is -0.434 e. The fourth-order valence-corrected chi connectivity index (χ4v) is 2.89. The highest BCUT2D eigenvalue weighted by molar-refractivity contribution is 9.10. The Labute approximate surface area is 142 Å². The molecule has 0 aromatic heterocycles. The first-order valence-corrected chi connectivity index (χ1v) is 7.51. The van der Waals surface area contributed by atoms with Gasteiger partial charge in [0.1, 0.15) is 5.75 Å². The van der Waals surface area contributed by atoms with Crippen LogP contribution in [0.3, 0.4) is 0 Å². The number of hydrogen-bond acceptors (Lipinski definition) is 3. The van der Waals surface area contributed by atoms with Gasteiger partial charge in [-0.1, -0.05) is 15.9 Å². The van der Waals surface area contributed by atoms with Crippen LogP contribution in [0, 0.1) is 5.92 Å². The van der Waals surface area contributed by atoms with Gasteiger partial charge in [0.25, 0.3) is 0 Å². The highest BCUT2D eigenvalue weighted by Gasteiger charge is 2.27. The van der Waals surface area contributed by atoms with Crippen molar-refractivity contribution in [3.63, 3.8) is 0 Å². The van der Waals surface area contributed by atoms with Crippen molar-refractivity contribution in [2.24, 2.45) is 11.7 Å². The van der Waals surface area contributed by atoms with E-state index in [4.69, 9.17) is 5.73 Å². The third-order valence-electron chi connectivity index (χ3n) is 3.54. The largest absolute Gasteiger partial charge is 0.434 e. The second kappa shape index (κ2) is 8.64. The van der Waals surface area contributed by atoms with Gasteiger partial charge in [-0.2, -0.15) is 8.78 Å². The van der Waals surface area contributed by atoms with Crippen LogP contribution in [0.15, 0.2) is 22.7 Å². The Hall–Kier alpha value is -0.920. The van der Waals surface area contributed by atoms with Crippen LogP contribution in [0.4, 0.5) is 8.78 Å². The van der Waals surface area contributed by atoms with E-state index < -0.39 is 6.61 Å². The van der Waals surface area contributed by atoms with E-state index in [0.717, 1.165) is 17.3 Å². The lowest BCUT2D eigenvalue weighted by Gasteiger charge is -2.14. The molecule has 0 heterocycles. The van der Waals surface area contributed by atoms with E-state index in [2.05, 4.69) is 26.0 Å². The van der Waals surface area contributed by atoms with Crippen LogP contribution in [0.1, 0.15) is 24.8 Å². The van der Waals surface area contributed by atoms with Crippen molar-refractivity contribution in [2.75, 3.05) is 0 Å². The Bertz CT molecular complexity index is 520. The molecule has 3 N–H and O–H groups in total. The van der Waals surface area contributed by atoms with Crippen LogP contribution in [0.5, 0.6) is 5.75 Å². The number of carbonyl (C=O) groups is 1. The second-order valence-corrected chi connectivity index (χ2v) is 6.03. The van der Waals surface area contributed by atoms with Crippen molar-refractivity contribution < 1.29 is 18.3 Å². The van der Waals surface area contributed by atoms with E-state index in [1.54, 1.807) is 12.1 Å². The molecule has 1 aromatic rings. The second-order valence-electron chi connectivity index (χ2n) is 5.12. The van der Waals surface area contributed by atoms with E-state index in [9.17, 15) is 13.6 Å². The number of hydrogen-bond donors (Lipinski definition) is 2. The minimum atomic E-state index is -2.89. The zero-order valence-electron chi connectivity index (χ0n) is 11.7. The summed E-state index contributed by atoms with van der Waals surface area (Å²) in [6.07, 6.45) is 2.28. The molecule has 22 heavy (non-hydrogen) atoms. The third kappa shape index (κ3) is 5.37. The molecule has 2 unspecified atom stereocenters. The monoisotopic (exact) mass is 398 g/mol. The summed E-state index contributed by atoms with van der Waals surface area (Å²) in [4.78, 5) is 12.0. The number of ether oxygens (including phenoxy) is 1. The molecular weight excluding hydrogens is 382 g/mol. The summed E-state index contributed by atoms with van der Waals surface area (Å²) in [5, 5.41) is 2.76. The van der Waals surface area contributed by atoms with Gasteiger partial charge in [0.15, 0.2) is 0 Å². The first kappa shape index (κ1) is 19.1. The van der Waals surface area contributed by atoms with Gasteiger partial charge in [0.05, 0.1) is 0 Å². The van der Waals surface area contributed by atoms with E-state index in [1.165, 1.54) is 6.07 Å². The van der Waals surface area contributed by atoms with Gasteiger partial charge < -0.3 is 15.8 Å². The predicted octanol–water partition coefficient (Wildman–Crippen LogP) is 3.22. The Morgan fingerprint density at radius 3 is 2.77 bits per heavy atom. The van der Waals surface area contributed by atoms with Crippen molar-refractivity contribution in [3.05, 3.63) is 28.2 Å². The molecule has 2 atom stereocenters. The maximum atomic E-state index is 12.4. The SMILES string of the molecule is Cl.NC1CCC(C(=O)NCc2cc(Br)ccc2OC(F)F)C1. The smallest absolute Gasteiger partial charge is 0.387 e. The molecule has 1 aliphatic carbocycles. The number of halogens is 4. The molecule has 8 heteroatoms. The van der Waals surface area contributed by atoms with Gasteiger partial charge in [-0.05, 0) is 37.5 Å². The molecule has 124 valence electrons. The van der Waals surface area contributed by atoms with Gasteiger partial charge in [0.2, 0.25) is 5.91 Å². The lowest BCUT2D eigenvalue weighted by molar-refractivity contribution is -0.125. The van der Waals surface area contributed by atoms with Gasteiger partial charge >= 0.3 is 6.61 Å². The van der Waals surface area contributed by atoms with Crippen LogP contribution < -0.4 is 15.8 Å². The molecular formula is C14H18BrClF2N2O2. The topological polar surface area (TPSA) is 64.4 Å². The highest BCUT2D eigenvalue weighted by Crippen LogP contribution is 2.26. The normalized spacial score (nSPS) is 20.6. The number of alkyl halides is 2. The van der Waals surface area contributed by atoms with Gasteiger partial charge in [-0.25, -0.2) is 0 Å². The zero-order chi connectivity index (χ0) is 15.4. The molecule has 1 aromatic carbocycles. The van der Waals surface area contributed by atoms with E-state index in [-0.39, 0.29) is 42.6 Å². The predicted molar refractivity (Wildman–Crippen MR) is 85.2 cm³/mol. The van der Waals surface area contributed by atoms with Crippen LogP contribution in [-0.2, 0) is 11.3 Å². The van der Waals surface area contributed by atoms with Crippen LogP contribution in [0.2, 0.25) is 0 Å². The molecule has 1 aliphatic rings. The molecule has 0 bridgehead atoms. The average molecular weight is 400 g/mol. The molecule has 0 radical (unpaired) electrons. The van der Waals surface area contributed by atoms with E-state index in [0.29, 0.717) is 12.0 Å². The number of amides is 1. The van der Waals surface area contributed by atoms with Gasteiger partial charge in [-0.15, -0.1) is 12.4 Å². The fourth-order valence-electron chi connectivity index (χ4n) is 2.48. The summed E-state index contributed by atoms with van der Waals surface area (Å²) < 4.78 is 29.9. The Morgan fingerprint density at radius 2 is 2.18 bits per heavy atom. The summed E-state index contributed by atoms with van der Waals surface area (Å²) in [5.41, 5.74) is 6.28. The molecule has 0 aliphatic heterocycles. The highest BCUT2D eigenvalue weighted by atomic mass is 79.9. The first-order valence-electron chi connectivity index (χ1n) is 6.72. The van der Waals surface area contributed by atoms with Crippen molar-refractivity contribution >= 4 is 34.2 Å². The Morgan fingerprint density at radius 1 is 1.45 bits per heavy atom. The number of benzene rings is 1. The van der Waals surface area contributed by atoms with Crippen LogP contribution in [0.25, 0.3) is 0 Å². The number of nitrogens with two attached hydrogens (primary N) is 1. The van der Waals surface area contributed by atoms with Crippen molar-refractivity contribution in [3.8, 4) is 5.75 Å². The van der Waals surface area contributed by atoms with Crippen LogP contribution >= 0.6 is 28.3 Å². The average Bonchev–Trinajstić information content (AvgIpc) is 2.85. The standard InChI is InChI=1S/C14H17BrF2N2O2.ClH/c15-10-2-4-12(21-14(16)17)9(5-10)7-19-13(20)8-1-3-11(18)6-8;/h2,4-5,8,11,14H,1,3,6-7,18H2,(H,19,20);1H. The molecule has 2 rings (SSSR count). The lowest BCUT2D eigenvalue weighted by atomic mass is 10.1. The first-order chi connectivity index (χ1) is 9.95. The quantitative estimate of drug-likeness (QED) is 0.799. The summed E-state index contributed by atoms with van der Waals surface area (Å²) in [6, 6.07) is 4.78. The number of nitrogens with one attached hydrogen (secondary N) is 1. The van der Waals surface area contributed by atoms with Crippen molar-refractivity contribution in [1.29, 1.82) is 0 Å². The van der Waals surface area contributed by atoms with Gasteiger partial charge in [0, 0.05) is 28.5 Å². The zero-order valence-corrected chi connectivity index (χ0v) is 14.1. The minimum absolute atomic E-state index is 0. The summed E-state index contributed by atoms with van der Waals surface area (Å²) in [7, 11) is 0. The summed E-state index contributed by atoms with van der Waals surface area (Å²) in [6.45, 7) is -2.75. The molecule has 1 fully saturated rings. The molecule has 4 nitrogen and oxygen atoms in total. The molecule has 1 saturated carbocycles. The maximum absolute atomic E-state index is 12.4. The molecule has 0 spiro atoms. The Kier molecular flexibility index (Phi) is 7.52. The third-order valence-corrected chi connectivity index (χ3v) is 4.03. The number of carbonyl (C=O) groups excluding carboxylic acids is 1. The van der Waals surface area contributed by atoms with Crippen molar-refractivity contribution in [1.82, 2.24) is 5.32 Å². The summed E-state index contributed by atoms with van der Waals surface area (Å²) >= 11 is 3.27. The summed E-state index contributed by atoms with van der Waals surface area (Å²) in [5.74, 6) is -0.117.